The number of hydrogen-bond donors (Lipinski definition) is 2. The lowest BCUT2D eigenvalue weighted by molar-refractivity contribution is -0.119. The Morgan fingerprint density at radius 1 is 1.08 bits per heavy atom. The molecule has 0 radical (unpaired) electrons. The molecular formula is C21H28N2O2. The number of amides is 1. The van der Waals surface area contributed by atoms with Crippen LogP contribution < -0.4 is 15.4 Å². The molecule has 4 nitrogen and oxygen atoms in total. The van der Waals surface area contributed by atoms with Crippen molar-refractivity contribution in [3.8, 4) is 5.75 Å². The summed E-state index contributed by atoms with van der Waals surface area (Å²) >= 11 is 0. The van der Waals surface area contributed by atoms with Crippen LogP contribution in [0.15, 0.2) is 48.5 Å². The molecule has 25 heavy (non-hydrogen) atoms. The fourth-order valence-corrected chi connectivity index (χ4v) is 2.56. The van der Waals surface area contributed by atoms with Gasteiger partial charge in [0.15, 0.2) is 0 Å². The number of aryl methyl sites for hydroxylation is 1. The van der Waals surface area contributed by atoms with Gasteiger partial charge in [0.2, 0.25) is 5.91 Å². The van der Waals surface area contributed by atoms with Crippen LogP contribution in [0, 0.1) is 0 Å². The maximum Gasteiger partial charge on any atom is 0.249 e. The summed E-state index contributed by atoms with van der Waals surface area (Å²) in [6, 6.07) is 15.6. The van der Waals surface area contributed by atoms with Crippen molar-refractivity contribution in [1.29, 1.82) is 0 Å². The van der Waals surface area contributed by atoms with Crippen LogP contribution in [0.5, 0.6) is 5.75 Å². The third-order valence-corrected chi connectivity index (χ3v) is 4.15. The molecule has 2 aromatic carbocycles. The number of benzene rings is 2. The van der Waals surface area contributed by atoms with Crippen LogP contribution in [0.25, 0.3) is 0 Å². The summed E-state index contributed by atoms with van der Waals surface area (Å²) in [7, 11) is 1.62. The van der Waals surface area contributed by atoms with Gasteiger partial charge in [-0.25, -0.2) is 0 Å². The van der Waals surface area contributed by atoms with Crippen molar-refractivity contribution >= 4 is 17.3 Å². The van der Waals surface area contributed by atoms with Crippen molar-refractivity contribution in [2.75, 3.05) is 17.7 Å². The zero-order valence-corrected chi connectivity index (χ0v) is 15.6. The molecule has 4 heteroatoms. The zero-order chi connectivity index (χ0) is 18.3. The van der Waals surface area contributed by atoms with Gasteiger partial charge < -0.3 is 15.4 Å². The lowest BCUT2D eigenvalue weighted by Crippen LogP contribution is -2.44. The van der Waals surface area contributed by atoms with E-state index < -0.39 is 5.54 Å². The van der Waals surface area contributed by atoms with Gasteiger partial charge in [0, 0.05) is 5.69 Å². The van der Waals surface area contributed by atoms with Crippen molar-refractivity contribution < 1.29 is 9.53 Å². The highest BCUT2D eigenvalue weighted by molar-refractivity contribution is 5.99. The topological polar surface area (TPSA) is 50.4 Å². The molecule has 0 saturated carbocycles. The molecule has 0 spiro atoms. The van der Waals surface area contributed by atoms with Crippen molar-refractivity contribution in [2.24, 2.45) is 0 Å². The van der Waals surface area contributed by atoms with Gasteiger partial charge in [-0.05, 0) is 56.5 Å². The highest BCUT2D eigenvalue weighted by Crippen LogP contribution is 2.27. The lowest BCUT2D eigenvalue weighted by Gasteiger charge is -2.27. The van der Waals surface area contributed by atoms with Crippen LogP contribution in [0.1, 0.15) is 39.2 Å². The summed E-state index contributed by atoms with van der Waals surface area (Å²) in [5, 5.41) is 6.24. The van der Waals surface area contributed by atoms with Crippen molar-refractivity contribution in [3.63, 3.8) is 0 Å². The van der Waals surface area contributed by atoms with Gasteiger partial charge in [0.25, 0.3) is 0 Å². The molecule has 0 atom stereocenters. The van der Waals surface area contributed by atoms with E-state index >= 15 is 0 Å². The molecule has 0 aliphatic carbocycles. The second kappa shape index (κ2) is 8.56. The Bertz CT molecular complexity index is 693. The van der Waals surface area contributed by atoms with E-state index in [2.05, 4.69) is 29.7 Å². The largest absolute Gasteiger partial charge is 0.495 e. The fraction of sp³-hybridized carbons (Fsp3) is 0.381. The molecule has 134 valence electrons. The molecule has 2 aromatic rings. The number of methoxy groups -OCH3 is 1. The minimum atomic E-state index is -0.782. The Labute approximate surface area is 150 Å². The van der Waals surface area contributed by atoms with E-state index in [-0.39, 0.29) is 5.91 Å². The SMILES string of the molecule is CCCCc1ccc(NC(=O)C(C)(C)Nc2ccccc2OC)cc1. The third kappa shape index (κ3) is 5.24. The first-order valence-corrected chi connectivity index (χ1v) is 8.78. The van der Waals surface area contributed by atoms with Gasteiger partial charge in [-0.3, -0.25) is 4.79 Å². The van der Waals surface area contributed by atoms with E-state index in [1.807, 2.05) is 50.2 Å². The summed E-state index contributed by atoms with van der Waals surface area (Å²) < 4.78 is 5.34. The minimum Gasteiger partial charge on any atom is -0.495 e. The smallest absolute Gasteiger partial charge is 0.249 e. The Kier molecular flexibility index (Phi) is 6.45. The second-order valence-electron chi connectivity index (χ2n) is 6.70. The Morgan fingerprint density at radius 2 is 1.76 bits per heavy atom. The Hall–Kier alpha value is -2.49. The number of nitrogens with one attached hydrogen (secondary N) is 2. The molecule has 2 N–H and O–H groups in total. The van der Waals surface area contributed by atoms with Crippen LogP contribution in [0.3, 0.4) is 0 Å². The average Bonchev–Trinajstić information content (AvgIpc) is 2.61. The number of hydrogen-bond acceptors (Lipinski definition) is 3. The fourth-order valence-electron chi connectivity index (χ4n) is 2.56. The molecule has 1 amide bonds. The summed E-state index contributed by atoms with van der Waals surface area (Å²) in [4.78, 5) is 12.7. The van der Waals surface area contributed by atoms with Gasteiger partial charge >= 0.3 is 0 Å². The third-order valence-electron chi connectivity index (χ3n) is 4.15. The van der Waals surface area contributed by atoms with Gasteiger partial charge in [-0.2, -0.15) is 0 Å². The van der Waals surface area contributed by atoms with Gasteiger partial charge in [0.1, 0.15) is 11.3 Å². The minimum absolute atomic E-state index is 0.0975. The quantitative estimate of drug-likeness (QED) is 0.721. The standard InChI is InChI=1S/C21H28N2O2/c1-5-6-9-16-12-14-17(15-13-16)22-20(24)21(2,3)23-18-10-7-8-11-19(18)25-4/h7-8,10-15,23H,5-6,9H2,1-4H3,(H,22,24). The van der Waals surface area contributed by atoms with E-state index in [9.17, 15) is 4.79 Å². The molecule has 0 heterocycles. The highest BCUT2D eigenvalue weighted by Gasteiger charge is 2.28. The summed E-state index contributed by atoms with van der Waals surface area (Å²) in [5.74, 6) is 0.614. The lowest BCUT2D eigenvalue weighted by atomic mass is 10.0. The highest BCUT2D eigenvalue weighted by atomic mass is 16.5. The number of rotatable bonds is 8. The predicted molar refractivity (Wildman–Crippen MR) is 104 cm³/mol. The Morgan fingerprint density at radius 3 is 2.40 bits per heavy atom. The normalized spacial score (nSPS) is 11.0. The number of para-hydroxylation sites is 2. The first-order chi connectivity index (χ1) is 12.0. The summed E-state index contributed by atoms with van der Waals surface area (Å²) in [6.45, 7) is 5.89. The zero-order valence-electron chi connectivity index (χ0n) is 15.6. The predicted octanol–water partition coefficient (Wildman–Crippen LogP) is 4.87. The molecule has 0 bridgehead atoms. The molecule has 0 unspecified atom stereocenters. The number of ether oxygens (including phenoxy) is 1. The van der Waals surface area contributed by atoms with Gasteiger partial charge in [0.05, 0.1) is 12.8 Å². The van der Waals surface area contributed by atoms with Crippen LogP contribution >= 0.6 is 0 Å². The Balaban J connectivity index is 2.03. The van der Waals surface area contributed by atoms with E-state index in [0.29, 0.717) is 5.75 Å². The van der Waals surface area contributed by atoms with Crippen LogP contribution in [0.2, 0.25) is 0 Å². The van der Waals surface area contributed by atoms with Gasteiger partial charge in [-0.1, -0.05) is 37.6 Å². The molecule has 0 aromatic heterocycles. The average molecular weight is 340 g/mol. The van der Waals surface area contributed by atoms with Crippen LogP contribution in [-0.4, -0.2) is 18.6 Å². The van der Waals surface area contributed by atoms with Crippen molar-refractivity contribution in [3.05, 3.63) is 54.1 Å². The maximum atomic E-state index is 12.7. The van der Waals surface area contributed by atoms with E-state index in [0.717, 1.165) is 17.8 Å². The monoisotopic (exact) mass is 340 g/mol. The number of carbonyl (C=O) groups is 1. The molecular weight excluding hydrogens is 312 g/mol. The van der Waals surface area contributed by atoms with E-state index in [4.69, 9.17) is 4.74 Å². The second-order valence-corrected chi connectivity index (χ2v) is 6.70. The summed E-state index contributed by atoms with van der Waals surface area (Å²) in [5.41, 5.74) is 2.11. The van der Waals surface area contributed by atoms with Gasteiger partial charge in [-0.15, -0.1) is 0 Å². The maximum absolute atomic E-state index is 12.7. The molecule has 0 aliphatic rings. The first kappa shape index (κ1) is 18.8. The first-order valence-electron chi connectivity index (χ1n) is 8.78. The number of unbranched alkanes of at least 4 members (excludes halogenated alkanes) is 1. The molecule has 0 saturated heterocycles. The van der Waals surface area contributed by atoms with E-state index in [1.165, 1.54) is 18.4 Å². The molecule has 0 fully saturated rings. The van der Waals surface area contributed by atoms with Crippen LogP contribution in [-0.2, 0) is 11.2 Å². The van der Waals surface area contributed by atoms with Crippen molar-refractivity contribution in [2.45, 2.75) is 45.6 Å². The van der Waals surface area contributed by atoms with Crippen molar-refractivity contribution in [1.82, 2.24) is 0 Å². The molecule has 0 aliphatic heterocycles. The molecule has 2 rings (SSSR count). The number of anilines is 2. The summed E-state index contributed by atoms with van der Waals surface area (Å²) in [6.07, 6.45) is 3.44. The number of carbonyl (C=O) groups excluding carboxylic acids is 1. The van der Waals surface area contributed by atoms with E-state index in [1.54, 1.807) is 7.11 Å². The van der Waals surface area contributed by atoms with Crippen LogP contribution in [0.4, 0.5) is 11.4 Å².